The van der Waals surface area contributed by atoms with E-state index >= 15 is 0 Å². The molecule has 1 amide bonds. The number of piperidine rings is 1. The molecular weight excluding hydrogens is 344 g/mol. The minimum absolute atomic E-state index is 0.0931. The van der Waals surface area contributed by atoms with Crippen molar-refractivity contribution >= 4 is 17.3 Å². The van der Waals surface area contributed by atoms with Crippen LogP contribution in [0, 0.1) is 0 Å². The Kier molecular flexibility index (Phi) is 6.41. The predicted octanol–water partition coefficient (Wildman–Crippen LogP) is 3.71. The first kappa shape index (κ1) is 18.9. The minimum atomic E-state index is -0.220. The molecule has 1 aliphatic heterocycles. The quantitative estimate of drug-likeness (QED) is 0.805. The van der Waals surface area contributed by atoms with Gasteiger partial charge in [0.15, 0.2) is 6.61 Å². The van der Waals surface area contributed by atoms with Crippen molar-refractivity contribution in [2.24, 2.45) is 0 Å². The summed E-state index contributed by atoms with van der Waals surface area (Å²) >= 11 is 0. The van der Waals surface area contributed by atoms with Crippen molar-refractivity contribution in [3.63, 3.8) is 0 Å². The van der Waals surface area contributed by atoms with Crippen molar-refractivity contribution in [3.05, 3.63) is 42.5 Å². The van der Waals surface area contributed by atoms with E-state index in [0.717, 1.165) is 18.8 Å². The molecule has 27 heavy (non-hydrogen) atoms. The van der Waals surface area contributed by atoms with E-state index in [1.54, 1.807) is 32.4 Å². The summed E-state index contributed by atoms with van der Waals surface area (Å²) in [5.41, 5.74) is 1.96. The minimum Gasteiger partial charge on any atom is -0.496 e. The Balaban J connectivity index is 1.53. The normalized spacial score (nSPS) is 13.8. The molecule has 1 heterocycles. The van der Waals surface area contributed by atoms with E-state index in [9.17, 15) is 4.79 Å². The number of nitrogens with zero attached hydrogens (tertiary/aromatic N) is 1. The molecule has 0 bridgehead atoms. The lowest BCUT2D eigenvalue weighted by Crippen LogP contribution is -2.29. The molecular formula is C21H26N2O4. The molecule has 6 nitrogen and oxygen atoms in total. The molecule has 0 saturated carbocycles. The van der Waals surface area contributed by atoms with Gasteiger partial charge in [-0.15, -0.1) is 0 Å². The van der Waals surface area contributed by atoms with Crippen molar-refractivity contribution in [1.29, 1.82) is 0 Å². The largest absolute Gasteiger partial charge is 0.496 e. The maximum absolute atomic E-state index is 12.2. The SMILES string of the molecule is COc1cc(OC)cc(OCC(=O)Nc2ccc(N3CCCCC3)cc2)c1. The van der Waals surface area contributed by atoms with E-state index in [2.05, 4.69) is 22.3 Å². The number of nitrogens with one attached hydrogen (secondary N) is 1. The maximum Gasteiger partial charge on any atom is 0.262 e. The first-order valence-electron chi connectivity index (χ1n) is 9.18. The van der Waals surface area contributed by atoms with Gasteiger partial charge in [-0.2, -0.15) is 0 Å². The average molecular weight is 370 g/mol. The Bertz CT molecular complexity index is 733. The molecule has 2 aromatic carbocycles. The maximum atomic E-state index is 12.2. The molecule has 0 aromatic heterocycles. The van der Waals surface area contributed by atoms with Crippen LogP contribution in [-0.2, 0) is 4.79 Å². The van der Waals surface area contributed by atoms with Crippen molar-refractivity contribution in [1.82, 2.24) is 0 Å². The fraction of sp³-hybridized carbons (Fsp3) is 0.381. The molecule has 0 atom stereocenters. The van der Waals surface area contributed by atoms with E-state index in [-0.39, 0.29) is 12.5 Å². The summed E-state index contributed by atoms with van der Waals surface area (Å²) in [6.45, 7) is 2.11. The number of hydrogen-bond donors (Lipinski definition) is 1. The molecule has 0 spiro atoms. The Hall–Kier alpha value is -2.89. The van der Waals surface area contributed by atoms with Crippen LogP contribution >= 0.6 is 0 Å². The number of anilines is 2. The number of rotatable bonds is 7. The number of carbonyl (C=O) groups is 1. The molecule has 0 aliphatic carbocycles. The van der Waals surface area contributed by atoms with Gasteiger partial charge in [0.05, 0.1) is 14.2 Å². The van der Waals surface area contributed by atoms with Crippen LogP contribution in [0.4, 0.5) is 11.4 Å². The molecule has 1 N–H and O–H groups in total. The van der Waals surface area contributed by atoms with Gasteiger partial charge in [0, 0.05) is 42.7 Å². The van der Waals surface area contributed by atoms with Crippen LogP contribution in [0.2, 0.25) is 0 Å². The van der Waals surface area contributed by atoms with E-state index in [4.69, 9.17) is 14.2 Å². The van der Waals surface area contributed by atoms with E-state index in [1.807, 2.05) is 12.1 Å². The van der Waals surface area contributed by atoms with Crippen molar-refractivity contribution in [2.45, 2.75) is 19.3 Å². The Morgan fingerprint density at radius 2 is 1.52 bits per heavy atom. The monoisotopic (exact) mass is 370 g/mol. The highest BCUT2D eigenvalue weighted by Crippen LogP contribution is 2.27. The third-order valence-corrected chi connectivity index (χ3v) is 4.57. The first-order valence-corrected chi connectivity index (χ1v) is 9.18. The van der Waals surface area contributed by atoms with E-state index in [0.29, 0.717) is 17.2 Å². The second-order valence-electron chi connectivity index (χ2n) is 6.48. The van der Waals surface area contributed by atoms with Gasteiger partial charge in [0.25, 0.3) is 5.91 Å². The summed E-state index contributed by atoms with van der Waals surface area (Å²) in [5.74, 6) is 1.51. The van der Waals surface area contributed by atoms with Gasteiger partial charge in [-0.25, -0.2) is 0 Å². The summed E-state index contributed by atoms with van der Waals surface area (Å²) in [4.78, 5) is 14.6. The Labute approximate surface area is 160 Å². The van der Waals surface area contributed by atoms with Gasteiger partial charge in [-0.1, -0.05) is 0 Å². The zero-order valence-corrected chi connectivity index (χ0v) is 15.9. The number of benzene rings is 2. The van der Waals surface area contributed by atoms with Crippen LogP contribution in [0.3, 0.4) is 0 Å². The van der Waals surface area contributed by atoms with E-state index in [1.165, 1.54) is 24.9 Å². The summed E-state index contributed by atoms with van der Waals surface area (Å²) in [5, 5.41) is 2.85. The average Bonchev–Trinajstić information content (AvgIpc) is 2.73. The molecule has 3 rings (SSSR count). The topological polar surface area (TPSA) is 60.0 Å². The first-order chi connectivity index (χ1) is 13.2. The highest BCUT2D eigenvalue weighted by atomic mass is 16.5. The van der Waals surface area contributed by atoms with Crippen molar-refractivity contribution in [2.75, 3.05) is 44.1 Å². The third-order valence-electron chi connectivity index (χ3n) is 4.57. The van der Waals surface area contributed by atoms with Gasteiger partial charge in [0.1, 0.15) is 17.2 Å². The lowest BCUT2D eigenvalue weighted by atomic mass is 10.1. The number of methoxy groups -OCH3 is 2. The summed E-state index contributed by atoms with van der Waals surface area (Å²) < 4.78 is 16.0. The van der Waals surface area contributed by atoms with Gasteiger partial charge < -0.3 is 24.4 Å². The highest BCUT2D eigenvalue weighted by molar-refractivity contribution is 5.92. The fourth-order valence-electron chi connectivity index (χ4n) is 3.12. The van der Waals surface area contributed by atoms with Crippen LogP contribution < -0.4 is 24.4 Å². The highest BCUT2D eigenvalue weighted by Gasteiger charge is 2.11. The summed E-state index contributed by atoms with van der Waals surface area (Å²) in [6, 6.07) is 13.1. The van der Waals surface area contributed by atoms with Crippen LogP contribution in [0.1, 0.15) is 19.3 Å². The molecule has 6 heteroatoms. The van der Waals surface area contributed by atoms with Gasteiger partial charge >= 0.3 is 0 Å². The van der Waals surface area contributed by atoms with E-state index < -0.39 is 0 Å². The zero-order valence-electron chi connectivity index (χ0n) is 15.9. The van der Waals surface area contributed by atoms with Crippen molar-refractivity contribution in [3.8, 4) is 17.2 Å². The van der Waals surface area contributed by atoms with Gasteiger partial charge in [-0.05, 0) is 43.5 Å². The molecule has 0 unspecified atom stereocenters. The van der Waals surface area contributed by atoms with Crippen LogP contribution in [0.5, 0.6) is 17.2 Å². The molecule has 2 aromatic rings. The van der Waals surface area contributed by atoms with Crippen LogP contribution in [0.25, 0.3) is 0 Å². The number of hydrogen-bond acceptors (Lipinski definition) is 5. The predicted molar refractivity (Wildman–Crippen MR) is 106 cm³/mol. The summed E-state index contributed by atoms with van der Waals surface area (Å²) in [6.07, 6.45) is 3.79. The van der Waals surface area contributed by atoms with Gasteiger partial charge in [-0.3, -0.25) is 4.79 Å². The van der Waals surface area contributed by atoms with Crippen LogP contribution in [0.15, 0.2) is 42.5 Å². The lowest BCUT2D eigenvalue weighted by molar-refractivity contribution is -0.118. The molecule has 0 radical (unpaired) electrons. The molecule has 144 valence electrons. The molecule has 1 aliphatic rings. The molecule has 1 saturated heterocycles. The van der Waals surface area contributed by atoms with Crippen LogP contribution in [-0.4, -0.2) is 39.8 Å². The smallest absolute Gasteiger partial charge is 0.262 e. The van der Waals surface area contributed by atoms with Gasteiger partial charge in [0.2, 0.25) is 0 Å². The number of ether oxygens (including phenoxy) is 3. The third kappa shape index (κ3) is 5.29. The zero-order chi connectivity index (χ0) is 19.1. The lowest BCUT2D eigenvalue weighted by Gasteiger charge is -2.28. The standard InChI is InChI=1S/C21H26N2O4/c1-25-18-12-19(26-2)14-20(13-18)27-15-21(24)22-16-6-8-17(9-7-16)23-10-4-3-5-11-23/h6-9,12-14H,3-5,10-11,15H2,1-2H3,(H,22,24). The second-order valence-corrected chi connectivity index (χ2v) is 6.48. The fourth-order valence-corrected chi connectivity index (χ4v) is 3.12. The van der Waals surface area contributed by atoms with Crippen molar-refractivity contribution < 1.29 is 19.0 Å². The number of carbonyl (C=O) groups excluding carboxylic acids is 1. The second kappa shape index (κ2) is 9.16. The number of amides is 1. The molecule has 1 fully saturated rings. The summed E-state index contributed by atoms with van der Waals surface area (Å²) in [7, 11) is 3.14. The Morgan fingerprint density at radius 3 is 2.11 bits per heavy atom. The Morgan fingerprint density at radius 1 is 0.926 bits per heavy atom.